The molecule has 33 heavy (non-hydrogen) atoms. The zero-order valence-corrected chi connectivity index (χ0v) is 20.2. The average Bonchev–Trinajstić information content (AvgIpc) is 3.27. The summed E-state index contributed by atoms with van der Waals surface area (Å²) in [5.74, 6) is 3.27. The lowest BCUT2D eigenvalue weighted by atomic mass is 9.97. The maximum absolute atomic E-state index is 12.7. The highest BCUT2D eigenvalue weighted by Gasteiger charge is 2.26. The zero-order chi connectivity index (χ0) is 23.0. The van der Waals surface area contributed by atoms with Gasteiger partial charge in [-0.2, -0.15) is 16.7 Å². The van der Waals surface area contributed by atoms with Crippen molar-refractivity contribution in [1.82, 2.24) is 20.4 Å². The van der Waals surface area contributed by atoms with Crippen LogP contribution < -0.4 is 5.32 Å². The van der Waals surface area contributed by atoms with Crippen molar-refractivity contribution in [2.24, 2.45) is 5.92 Å². The number of carbonyl (C=O) groups excluding carboxylic acids is 1. The molecule has 1 aliphatic heterocycles. The Labute approximate surface area is 200 Å². The van der Waals surface area contributed by atoms with E-state index in [-0.39, 0.29) is 11.8 Å². The van der Waals surface area contributed by atoms with Gasteiger partial charge in [0, 0.05) is 30.2 Å². The summed E-state index contributed by atoms with van der Waals surface area (Å²) in [4.78, 5) is 19.5. The maximum atomic E-state index is 12.7. The van der Waals surface area contributed by atoms with E-state index < -0.39 is 0 Å². The third-order valence-corrected chi connectivity index (χ3v) is 6.91. The molecule has 2 aromatic carbocycles. The summed E-state index contributed by atoms with van der Waals surface area (Å²) < 4.78 is 5.49. The summed E-state index contributed by atoms with van der Waals surface area (Å²) in [6.07, 6.45) is 1.93. The molecular weight excluding hydrogens is 432 g/mol. The summed E-state index contributed by atoms with van der Waals surface area (Å²) in [7, 11) is 0. The van der Waals surface area contributed by atoms with E-state index in [1.165, 1.54) is 11.1 Å². The molecular formula is C26H32N4O2S. The van der Waals surface area contributed by atoms with Gasteiger partial charge >= 0.3 is 0 Å². The minimum atomic E-state index is 0.0136. The first-order chi connectivity index (χ1) is 16.1. The molecule has 1 atom stereocenters. The van der Waals surface area contributed by atoms with Crippen LogP contribution in [0.3, 0.4) is 0 Å². The van der Waals surface area contributed by atoms with Crippen LogP contribution in [0.2, 0.25) is 0 Å². The Balaban J connectivity index is 1.20. The second-order valence-corrected chi connectivity index (χ2v) is 9.89. The van der Waals surface area contributed by atoms with E-state index in [2.05, 4.69) is 57.6 Å². The molecule has 0 radical (unpaired) electrons. The lowest BCUT2D eigenvalue weighted by molar-refractivity contribution is -0.126. The number of carbonyl (C=O) groups is 1. The van der Waals surface area contributed by atoms with Gasteiger partial charge in [-0.3, -0.25) is 9.69 Å². The molecule has 1 N–H and O–H groups in total. The molecule has 6 nitrogen and oxygen atoms in total. The monoisotopic (exact) mass is 464 g/mol. The van der Waals surface area contributed by atoms with E-state index >= 15 is 0 Å². The van der Waals surface area contributed by atoms with Gasteiger partial charge < -0.3 is 9.84 Å². The summed E-state index contributed by atoms with van der Waals surface area (Å²) in [6.45, 7) is 7.11. The Morgan fingerprint density at radius 2 is 2.00 bits per heavy atom. The number of rotatable bonds is 9. The quantitative estimate of drug-likeness (QED) is 0.466. The van der Waals surface area contributed by atoms with Gasteiger partial charge in [0.1, 0.15) is 0 Å². The Hall–Kier alpha value is -2.64. The Kier molecular flexibility index (Phi) is 8.18. The maximum Gasteiger partial charge on any atom is 0.241 e. The minimum Gasteiger partial charge on any atom is -0.355 e. The van der Waals surface area contributed by atoms with E-state index in [0.29, 0.717) is 24.8 Å². The number of aryl methyl sites for hydroxylation is 2. The lowest BCUT2D eigenvalue weighted by Gasteiger charge is -2.30. The van der Waals surface area contributed by atoms with Gasteiger partial charge in [-0.1, -0.05) is 58.7 Å². The molecule has 174 valence electrons. The van der Waals surface area contributed by atoms with Crippen LogP contribution in [-0.2, 0) is 17.1 Å². The predicted molar refractivity (Wildman–Crippen MR) is 133 cm³/mol. The third-order valence-electron chi connectivity index (χ3n) is 5.88. The van der Waals surface area contributed by atoms with Crippen LogP contribution >= 0.6 is 11.8 Å². The first-order valence-corrected chi connectivity index (χ1v) is 12.8. The Morgan fingerprint density at radius 1 is 1.18 bits per heavy atom. The smallest absolute Gasteiger partial charge is 0.241 e. The summed E-state index contributed by atoms with van der Waals surface area (Å²) in [5, 5.41) is 7.26. The van der Waals surface area contributed by atoms with E-state index in [1.807, 2.05) is 36.9 Å². The molecule has 0 bridgehead atoms. The van der Waals surface area contributed by atoms with Crippen molar-refractivity contribution in [3.8, 4) is 11.4 Å². The first kappa shape index (κ1) is 23.5. The standard InChI is InChI=1S/C26H32N4O2S/c1-19-6-3-8-21(14-19)18-33-13-11-27-26(31)23-10-5-12-30(16-23)17-24-28-25(29-32-24)22-9-4-7-20(2)15-22/h3-4,6-9,14-15,23H,5,10-13,16-18H2,1-2H3,(H,27,31). The molecule has 1 aromatic heterocycles. The molecule has 0 saturated carbocycles. The second kappa shape index (κ2) is 11.5. The van der Waals surface area contributed by atoms with Gasteiger partial charge in [0.05, 0.1) is 12.5 Å². The molecule has 1 fully saturated rings. The predicted octanol–water partition coefficient (Wildman–Crippen LogP) is 4.62. The van der Waals surface area contributed by atoms with Crippen molar-refractivity contribution in [1.29, 1.82) is 0 Å². The number of hydrogen-bond acceptors (Lipinski definition) is 6. The number of nitrogens with zero attached hydrogens (tertiary/aromatic N) is 3. The average molecular weight is 465 g/mol. The molecule has 0 spiro atoms. The second-order valence-electron chi connectivity index (χ2n) is 8.79. The Bertz CT molecular complexity index is 1070. The van der Waals surface area contributed by atoms with Crippen LogP contribution in [0.4, 0.5) is 0 Å². The topological polar surface area (TPSA) is 71.3 Å². The largest absolute Gasteiger partial charge is 0.355 e. The Morgan fingerprint density at radius 3 is 2.82 bits per heavy atom. The fourth-order valence-electron chi connectivity index (χ4n) is 4.21. The molecule has 1 aliphatic rings. The highest BCUT2D eigenvalue weighted by molar-refractivity contribution is 7.98. The van der Waals surface area contributed by atoms with Crippen molar-refractivity contribution in [3.63, 3.8) is 0 Å². The summed E-state index contributed by atoms with van der Waals surface area (Å²) in [5.41, 5.74) is 4.74. The third kappa shape index (κ3) is 6.92. The molecule has 1 saturated heterocycles. The number of benzene rings is 2. The lowest BCUT2D eigenvalue weighted by Crippen LogP contribution is -2.43. The highest BCUT2D eigenvalue weighted by Crippen LogP contribution is 2.21. The molecule has 4 rings (SSSR count). The van der Waals surface area contributed by atoms with Crippen LogP contribution in [0.1, 0.15) is 35.4 Å². The van der Waals surface area contributed by atoms with Crippen LogP contribution in [0.25, 0.3) is 11.4 Å². The van der Waals surface area contributed by atoms with Gasteiger partial charge in [0.25, 0.3) is 0 Å². The molecule has 0 aliphatic carbocycles. The van der Waals surface area contributed by atoms with E-state index in [0.717, 1.165) is 48.6 Å². The van der Waals surface area contributed by atoms with E-state index in [4.69, 9.17) is 4.52 Å². The molecule has 1 unspecified atom stereocenters. The van der Waals surface area contributed by atoms with Crippen LogP contribution in [0.15, 0.2) is 53.1 Å². The van der Waals surface area contributed by atoms with Gasteiger partial charge in [-0.25, -0.2) is 0 Å². The fourth-order valence-corrected chi connectivity index (χ4v) is 5.01. The number of thioether (sulfide) groups is 1. The summed E-state index contributed by atoms with van der Waals surface area (Å²) >= 11 is 1.85. The van der Waals surface area contributed by atoms with Crippen molar-refractivity contribution in [3.05, 3.63) is 71.1 Å². The fraction of sp³-hybridized carbons (Fsp3) is 0.423. The van der Waals surface area contributed by atoms with E-state index in [9.17, 15) is 4.79 Å². The highest BCUT2D eigenvalue weighted by atomic mass is 32.2. The van der Waals surface area contributed by atoms with Crippen LogP contribution in [0, 0.1) is 19.8 Å². The van der Waals surface area contributed by atoms with Crippen LogP contribution in [-0.4, -0.2) is 46.3 Å². The molecule has 7 heteroatoms. The SMILES string of the molecule is Cc1cccc(CSCCNC(=O)C2CCCN(Cc3nc(-c4cccc(C)c4)no3)C2)c1. The molecule has 2 heterocycles. The first-order valence-electron chi connectivity index (χ1n) is 11.6. The molecule has 3 aromatic rings. The van der Waals surface area contributed by atoms with Gasteiger partial charge in [0.15, 0.2) is 0 Å². The van der Waals surface area contributed by atoms with Crippen molar-refractivity contribution >= 4 is 17.7 Å². The normalized spacial score (nSPS) is 16.6. The number of nitrogens with one attached hydrogen (secondary N) is 1. The number of aromatic nitrogens is 2. The van der Waals surface area contributed by atoms with Crippen molar-refractivity contribution in [2.45, 2.75) is 39.0 Å². The number of piperidine rings is 1. The number of amides is 1. The van der Waals surface area contributed by atoms with Gasteiger partial charge in [-0.15, -0.1) is 0 Å². The van der Waals surface area contributed by atoms with Crippen LogP contribution in [0.5, 0.6) is 0 Å². The van der Waals surface area contributed by atoms with Gasteiger partial charge in [0.2, 0.25) is 17.6 Å². The minimum absolute atomic E-state index is 0.0136. The zero-order valence-electron chi connectivity index (χ0n) is 19.4. The summed E-state index contributed by atoms with van der Waals surface area (Å²) in [6, 6.07) is 16.7. The number of likely N-dealkylation sites (tertiary alicyclic amines) is 1. The number of hydrogen-bond donors (Lipinski definition) is 1. The van der Waals surface area contributed by atoms with Crippen molar-refractivity contribution in [2.75, 3.05) is 25.4 Å². The van der Waals surface area contributed by atoms with Crippen molar-refractivity contribution < 1.29 is 9.32 Å². The molecule has 1 amide bonds. The van der Waals surface area contributed by atoms with E-state index in [1.54, 1.807) is 0 Å². The van der Waals surface area contributed by atoms with Gasteiger partial charge in [-0.05, 0) is 44.9 Å².